The fourth-order valence-electron chi connectivity index (χ4n) is 0.874. The average molecular weight is 249 g/mol. The van der Waals surface area contributed by atoms with Crippen LogP contribution in [0, 0.1) is 5.82 Å². The van der Waals surface area contributed by atoms with E-state index in [9.17, 15) is 9.18 Å². The third-order valence-electron chi connectivity index (χ3n) is 1.77. The molecule has 1 N–H and O–H groups in total. The summed E-state index contributed by atoms with van der Waals surface area (Å²) in [4.78, 5) is 11.1. The van der Waals surface area contributed by atoms with Crippen LogP contribution in [0.5, 0.6) is 0 Å². The van der Waals surface area contributed by atoms with Gasteiger partial charge in [0.15, 0.2) is 0 Å². The number of benzene rings is 1. The molecule has 15 heavy (non-hydrogen) atoms. The highest BCUT2D eigenvalue weighted by atomic mass is 35.5. The lowest BCUT2D eigenvalue weighted by Crippen LogP contribution is -2.27. The molecule has 0 spiro atoms. The summed E-state index contributed by atoms with van der Waals surface area (Å²) >= 11 is 6.63. The summed E-state index contributed by atoms with van der Waals surface area (Å²) in [6.45, 7) is 3.03. The first kappa shape index (κ1) is 12.3. The second kappa shape index (κ2) is 4.41. The molecule has 5 heteroatoms. The molecule has 0 atom stereocenters. The standard InChI is InChI=1S/C10H10ClFO2S/c1-10(2,9(13)14)15-8-5-6(11)3-4-7(8)12/h3-5H,1-2H3,(H,13,14). The highest BCUT2D eigenvalue weighted by molar-refractivity contribution is 8.01. The molecule has 0 saturated carbocycles. The van der Waals surface area contributed by atoms with E-state index in [2.05, 4.69) is 0 Å². The van der Waals surface area contributed by atoms with Crippen molar-refractivity contribution in [1.82, 2.24) is 0 Å². The summed E-state index contributed by atoms with van der Waals surface area (Å²) < 4.78 is 12.2. The molecule has 2 nitrogen and oxygen atoms in total. The van der Waals surface area contributed by atoms with Crippen LogP contribution in [0.1, 0.15) is 13.8 Å². The lowest BCUT2D eigenvalue weighted by Gasteiger charge is -2.18. The normalized spacial score (nSPS) is 11.5. The third kappa shape index (κ3) is 3.11. The van der Waals surface area contributed by atoms with Crippen molar-refractivity contribution in [2.45, 2.75) is 23.5 Å². The number of carbonyl (C=O) groups is 1. The number of rotatable bonds is 3. The number of carboxylic acid groups (broad SMARTS) is 1. The van der Waals surface area contributed by atoms with Crippen molar-refractivity contribution < 1.29 is 14.3 Å². The average Bonchev–Trinajstić information content (AvgIpc) is 2.10. The quantitative estimate of drug-likeness (QED) is 0.833. The van der Waals surface area contributed by atoms with Crippen LogP contribution in [-0.2, 0) is 4.79 Å². The molecule has 0 aliphatic carbocycles. The number of carboxylic acids is 1. The van der Waals surface area contributed by atoms with Gasteiger partial charge < -0.3 is 5.11 Å². The van der Waals surface area contributed by atoms with Crippen LogP contribution in [0.25, 0.3) is 0 Å². The van der Waals surface area contributed by atoms with Gasteiger partial charge in [-0.15, -0.1) is 11.8 Å². The van der Waals surface area contributed by atoms with E-state index < -0.39 is 16.5 Å². The molecule has 0 aromatic heterocycles. The smallest absolute Gasteiger partial charge is 0.319 e. The van der Waals surface area contributed by atoms with E-state index >= 15 is 0 Å². The summed E-state index contributed by atoms with van der Waals surface area (Å²) in [6.07, 6.45) is 0. The van der Waals surface area contributed by atoms with E-state index in [0.717, 1.165) is 11.8 Å². The lowest BCUT2D eigenvalue weighted by molar-refractivity contribution is -0.138. The van der Waals surface area contributed by atoms with Crippen molar-refractivity contribution in [3.8, 4) is 0 Å². The van der Waals surface area contributed by atoms with Crippen LogP contribution >= 0.6 is 23.4 Å². The van der Waals surface area contributed by atoms with Crippen LogP contribution in [0.4, 0.5) is 4.39 Å². The zero-order chi connectivity index (χ0) is 11.6. The molecule has 0 unspecified atom stereocenters. The van der Waals surface area contributed by atoms with E-state index in [1.54, 1.807) is 0 Å². The molecule has 0 saturated heterocycles. The number of hydrogen-bond donors (Lipinski definition) is 1. The van der Waals surface area contributed by atoms with Gasteiger partial charge in [0, 0.05) is 9.92 Å². The van der Waals surface area contributed by atoms with Gasteiger partial charge in [0.25, 0.3) is 0 Å². The van der Waals surface area contributed by atoms with Gasteiger partial charge in [-0.25, -0.2) is 4.39 Å². The zero-order valence-corrected chi connectivity index (χ0v) is 9.82. The Bertz CT molecular complexity index is 393. The minimum Gasteiger partial charge on any atom is -0.480 e. The van der Waals surface area contributed by atoms with E-state index in [-0.39, 0.29) is 4.90 Å². The van der Waals surface area contributed by atoms with Crippen molar-refractivity contribution in [2.75, 3.05) is 0 Å². The Morgan fingerprint density at radius 1 is 1.53 bits per heavy atom. The summed E-state index contributed by atoms with van der Waals surface area (Å²) in [5.41, 5.74) is 0. The molecule has 0 aliphatic rings. The number of thioether (sulfide) groups is 1. The molecule has 0 fully saturated rings. The van der Waals surface area contributed by atoms with Gasteiger partial charge in [0.05, 0.1) is 0 Å². The van der Waals surface area contributed by atoms with Gasteiger partial charge in [0.1, 0.15) is 10.6 Å². The Hall–Kier alpha value is -0.740. The second-order valence-corrected chi connectivity index (χ2v) is 5.59. The Labute approximate surface area is 96.4 Å². The monoisotopic (exact) mass is 248 g/mol. The van der Waals surface area contributed by atoms with Gasteiger partial charge in [-0.2, -0.15) is 0 Å². The van der Waals surface area contributed by atoms with Crippen LogP contribution in [0.3, 0.4) is 0 Å². The number of aliphatic carboxylic acids is 1. The molecule has 82 valence electrons. The topological polar surface area (TPSA) is 37.3 Å². The summed E-state index contributed by atoms with van der Waals surface area (Å²) in [5.74, 6) is -1.45. The Morgan fingerprint density at radius 3 is 2.67 bits per heavy atom. The molecule has 0 amide bonds. The molecule has 0 radical (unpaired) electrons. The molecule has 0 bridgehead atoms. The Morgan fingerprint density at radius 2 is 2.13 bits per heavy atom. The molecular formula is C10H10ClFO2S. The van der Waals surface area contributed by atoms with Crippen molar-refractivity contribution >= 4 is 29.3 Å². The Balaban J connectivity index is 2.99. The summed E-state index contributed by atoms with van der Waals surface area (Å²) in [5, 5.41) is 9.28. The first-order valence-corrected chi connectivity index (χ1v) is 5.40. The van der Waals surface area contributed by atoms with E-state index in [0.29, 0.717) is 5.02 Å². The van der Waals surface area contributed by atoms with Crippen LogP contribution < -0.4 is 0 Å². The van der Waals surface area contributed by atoms with Crippen LogP contribution in [0.15, 0.2) is 23.1 Å². The largest absolute Gasteiger partial charge is 0.480 e. The van der Waals surface area contributed by atoms with Crippen molar-refractivity contribution in [3.05, 3.63) is 29.0 Å². The second-order valence-electron chi connectivity index (χ2n) is 3.49. The van der Waals surface area contributed by atoms with E-state index in [1.165, 1.54) is 32.0 Å². The maximum atomic E-state index is 13.3. The van der Waals surface area contributed by atoms with Crippen molar-refractivity contribution in [2.24, 2.45) is 0 Å². The highest BCUT2D eigenvalue weighted by Crippen LogP contribution is 2.35. The van der Waals surface area contributed by atoms with Crippen LogP contribution in [0.2, 0.25) is 5.02 Å². The molecule has 1 rings (SSSR count). The van der Waals surface area contributed by atoms with E-state index in [4.69, 9.17) is 16.7 Å². The minimum atomic E-state index is -1.08. The minimum absolute atomic E-state index is 0.245. The van der Waals surface area contributed by atoms with Gasteiger partial charge in [-0.3, -0.25) is 4.79 Å². The predicted octanol–water partition coefficient (Wildman–Crippen LogP) is 3.43. The van der Waals surface area contributed by atoms with Crippen molar-refractivity contribution in [1.29, 1.82) is 0 Å². The lowest BCUT2D eigenvalue weighted by atomic mass is 10.2. The first-order chi connectivity index (χ1) is 6.83. The molecule has 1 aromatic rings. The molecule has 1 aromatic carbocycles. The molecule has 0 heterocycles. The summed E-state index contributed by atoms with van der Waals surface area (Å²) in [7, 11) is 0. The number of hydrogen-bond acceptors (Lipinski definition) is 2. The molecule has 0 aliphatic heterocycles. The molecular weight excluding hydrogens is 239 g/mol. The van der Waals surface area contributed by atoms with Gasteiger partial charge >= 0.3 is 5.97 Å². The van der Waals surface area contributed by atoms with Crippen molar-refractivity contribution in [3.63, 3.8) is 0 Å². The first-order valence-electron chi connectivity index (χ1n) is 4.20. The van der Waals surface area contributed by atoms with Gasteiger partial charge in [-0.05, 0) is 32.0 Å². The zero-order valence-electron chi connectivity index (χ0n) is 8.25. The maximum Gasteiger partial charge on any atom is 0.319 e. The fraction of sp³-hybridized carbons (Fsp3) is 0.300. The van der Waals surface area contributed by atoms with Gasteiger partial charge in [-0.1, -0.05) is 11.6 Å². The SMILES string of the molecule is CC(C)(Sc1cc(Cl)ccc1F)C(=O)O. The predicted molar refractivity (Wildman–Crippen MR) is 59.0 cm³/mol. The third-order valence-corrected chi connectivity index (χ3v) is 3.23. The maximum absolute atomic E-state index is 13.3. The van der Waals surface area contributed by atoms with Gasteiger partial charge in [0.2, 0.25) is 0 Å². The fourth-order valence-corrected chi connectivity index (χ4v) is 2.10. The van der Waals surface area contributed by atoms with Crippen LogP contribution in [-0.4, -0.2) is 15.8 Å². The number of halogens is 2. The Kier molecular flexibility index (Phi) is 3.62. The van der Waals surface area contributed by atoms with E-state index in [1.807, 2.05) is 0 Å². The highest BCUT2D eigenvalue weighted by Gasteiger charge is 2.29. The summed E-state index contributed by atoms with van der Waals surface area (Å²) in [6, 6.07) is 4.07.